The summed E-state index contributed by atoms with van der Waals surface area (Å²) >= 11 is 0. The molecule has 0 aliphatic heterocycles. The molecule has 1 rings (SSSR count). The second kappa shape index (κ2) is 4.95. The number of amides is 1. The molecule has 0 unspecified atom stereocenters. The van der Waals surface area contributed by atoms with E-state index in [-0.39, 0.29) is 0 Å². The molecule has 0 aromatic heterocycles. The molecule has 0 fully saturated rings. The molecule has 0 spiro atoms. The first-order valence-corrected chi connectivity index (χ1v) is 4.36. The standard InChI is InChI=1S/C11H11NO3/c1-8-2-4-9(5-3-8)12-10(13)6-7-11(14)15/h2-7H,1H3,(H,12,13)(H,14,15). The van der Waals surface area contributed by atoms with Crippen molar-refractivity contribution < 1.29 is 14.7 Å². The Bertz CT molecular complexity index is 393. The van der Waals surface area contributed by atoms with Gasteiger partial charge in [0, 0.05) is 17.8 Å². The van der Waals surface area contributed by atoms with Crippen LogP contribution in [0.5, 0.6) is 0 Å². The number of carbonyl (C=O) groups is 2. The summed E-state index contributed by atoms with van der Waals surface area (Å²) in [6.45, 7) is 1.94. The van der Waals surface area contributed by atoms with Gasteiger partial charge in [0.2, 0.25) is 5.91 Å². The van der Waals surface area contributed by atoms with Crippen molar-refractivity contribution in [1.29, 1.82) is 0 Å². The van der Waals surface area contributed by atoms with Crippen LogP contribution in [0, 0.1) is 6.92 Å². The average Bonchev–Trinajstić information content (AvgIpc) is 2.19. The quantitative estimate of drug-likeness (QED) is 0.736. The number of aryl methyl sites for hydroxylation is 1. The maximum absolute atomic E-state index is 11.1. The smallest absolute Gasteiger partial charge is 0.328 e. The van der Waals surface area contributed by atoms with Gasteiger partial charge in [-0.1, -0.05) is 17.7 Å². The molecule has 4 heteroatoms. The summed E-state index contributed by atoms with van der Waals surface area (Å²) in [7, 11) is 0. The zero-order valence-electron chi connectivity index (χ0n) is 8.23. The van der Waals surface area contributed by atoms with Crippen LogP contribution < -0.4 is 5.32 Å². The van der Waals surface area contributed by atoms with Crippen LogP contribution in [0.25, 0.3) is 0 Å². The minimum Gasteiger partial charge on any atom is -0.478 e. The Balaban J connectivity index is 2.59. The highest BCUT2D eigenvalue weighted by Crippen LogP contribution is 2.08. The van der Waals surface area contributed by atoms with E-state index in [1.165, 1.54) is 0 Å². The fourth-order valence-electron chi connectivity index (χ4n) is 0.968. The lowest BCUT2D eigenvalue weighted by atomic mass is 10.2. The molecular weight excluding hydrogens is 194 g/mol. The summed E-state index contributed by atoms with van der Waals surface area (Å²) in [6, 6.07) is 7.22. The lowest BCUT2D eigenvalue weighted by Crippen LogP contribution is -2.08. The number of carbonyl (C=O) groups excluding carboxylic acids is 1. The minimum absolute atomic E-state index is 0.457. The van der Waals surface area contributed by atoms with Crippen LogP contribution in [0.4, 0.5) is 5.69 Å². The van der Waals surface area contributed by atoms with Gasteiger partial charge in [-0.05, 0) is 19.1 Å². The monoisotopic (exact) mass is 205 g/mol. The van der Waals surface area contributed by atoms with E-state index < -0.39 is 11.9 Å². The van der Waals surface area contributed by atoms with Crippen molar-refractivity contribution in [3.63, 3.8) is 0 Å². The van der Waals surface area contributed by atoms with Gasteiger partial charge in [-0.2, -0.15) is 0 Å². The Kier molecular flexibility index (Phi) is 3.62. The zero-order chi connectivity index (χ0) is 11.3. The van der Waals surface area contributed by atoms with Crippen LogP contribution in [0.3, 0.4) is 0 Å². The number of carboxylic acid groups (broad SMARTS) is 1. The maximum Gasteiger partial charge on any atom is 0.328 e. The van der Waals surface area contributed by atoms with Crippen LogP contribution in [0.15, 0.2) is 36.4 Å². The van der Waals surface area contributed by atoms with E-state index in [1.54, 1.807) is 12.1 Å². The van der Waals surface area contributed by atoms with Gasteiger partial charge < -0.3 is 10.4 Å². The SMILES string of the molecule is Cc1ccc(NC(=O)C=CC(=O)O)cc1. The van der Waals surface area contributed by atoms with E-state index in [4.69, 9.17) is 5.11 Å². The topological polar surface area (TPSA) is 66.4 Å². The third-order valence-corrected chi connectivity index (χ3v) is 1.70. The number of benzene rings is 1. The Morgan fingerprint density at radius 1 is 1.20 bits per heavy atom. The van der Waals surface area contributed by atoms with E-state index in [0.29, 0.717) is 5.69 Å². The number of rotatable bonds is 3. The molecule has 1 amide bonds. The van der Waals surface area contributed by atoms with Gasteiger partial charge in [-0.25, -0.2) is 4.79 Å². The number of aliphatic carboxylic acids is 1. The van der Waals surface area contributed by atoms with Gasteiger partial charge in [0.1, 0.15) is 0 Å². The molecule has 0 saturated heterocycles. The van der Waals surface area contributed by atoms with E-state index >= 15 is 0 Å². The highest BCUT2D eigenvalue weighted by molar-refractivity contribution is 6.02. The van der Waals surface area contributed by atoms with Crippen molar-refractivity contribution in [3.8, 4) is 0 Å². The number of carboxylic acids is 1. The van der Waals surface area contributed by atoms with Crippen molar-refractivity contribution in [2.75, 3.05) is 5.32 Å². The van der Waals surface area contributed by atoms with Crippen LogP contribution in [-0.2, 0) is 9.59 Å². The summed E-state index contributed by atoms with van der Waals surface area (Å²) in [5.74, 6) is -1.60. The third-order valence-electron chi connectivity index (χ3n) is 1.70. The molecule has 78 valence electrons. The molecule has 0 atom stereocenters. The molecular formula is C11H11NO3. The largest absolute Gasteiger partial charge is 0.478 e. The maximum atomic E-state index is 11.1. The predicted molar refractivity (Wildman–Crippen MR) is 56.6 cm³/mol. The van der Waals surface area contributed by atoms with E-state index in [9.17, 15) is 9.59 Å². The van der Waals surface area contributed by atoms with Crippen molar-refractivity contribution in [1.82, 2.24) is 0 Å². The summed E-state index contributed by atoms with van der Waals surface area (Å²) in [5, 5.41) is 10.8. The lowest BCUT2D eigenvalue weighted by molar-refractivity contribution is -0.131. The Labute approximate surface area is 87.2 Å². The number of nitrogens with one attached hydrogen (secondary N) is 1. The molecule has 0 saturated carbocycles. The molecule has 2 N–H and O–H groups in total. The highest BCUT2D eigenvalue weighted by atomic mass is 16.4. The van der Waals surface area contributed by atoms with Gasteiger partial charge >= 0.3 is 5.97 Å². The van der Waals surface area contributed by atoms with E-state index in [0.717, 1.165) is 17.7 Å². The van der Waals surface area contributed by atoms with Crippen LogP contribution >= 0.6 is 0 Å². The van der Waals surface area contributed by atoms with Crippen LogP contribution in [-0.4, -0.2) is 17.0 Å². The second-order valence-corrected chi connectivity index (χ2v) is 3.03. The number of hydrogen-bond acceptors (Lipinski definition) is 2. The van der Waals surface area contributed by atoms with Gasteiger partial charge in [-0.15, -0.1) is 0 Å². The van der Waals surface area contributed by atoms with Gasteiger partial charge in [0.25, 0.3) is 0 Å². The lowest BCUT2D eigenvalue weighted by Gasteiger charge is -2.01. The zero-order valence-corrected chi connectivity index (χ0v) is 8.23. The average molecular weight is 205 g/mol. The van der Waals surface area contributed by atoms with Crippen molar-refractivity contribution >= 4 is 17.6 Å². The summed E-state index contributed by atoms with van der Waals surface area (Å²) in [5.41, 5.74) is 1.73. The first-order valence-electron chi connectivity index (χ1n) is 4.36. The van der Waals surface area contributed by atoms with E-state index in [1.807, 2.05) is 19.1 Å². The fourth-order valence-corrected chi connectivity index (χ4v) is 0.968. The minimum atomic E-state index is -1.14. The molecule has 0 aliphatic rings. The Hall–Kier alpha value is -2.10. The summed E-state index contributed by atoms with van der Waals surface area (Å²) in [6.07, 6.45) is 1.77. The Morgan fingerprint density at radius 3 is 2.33 bits per heavy atom. The van der Waals surface area contributed by atoms with Crippen molar-refractivity contribution in [2.24, 2.45) is 0 Å². The fraction of sp³-hybridized carbons (Fsp3) is 0.0909. The molecule has 15 heavy (non-hydrogen) atoms. The predicted octanol–water partition coefficient (Wildman–Crippen LogP) is 1.57. The van der Waals surface area contributed by atoms with E-state index in [2.05, 4.69) is 5.32 Å². The van der Waals surface area contributed by atoms with Gasteiger partial charge in [0.15, 0.2) is 0 Å². The first-order chi connectivity index (χ1) is 7.08. The second-order valence-electron chi connectivity index (χ2n) is 3.03. The molecule has 0 radical (unpaired) electrons. The molecule has 0 aliphatic carbocycles. The van der Waals surface area contributed by atoms with Gasteiger partial charge in [-0.3, -0.25) is 4.79 Å². The van der Waals surface area contributed by atoms with Crippen LogP contribution in [0.2, 0.25) is 0 Å². The highest BCUT2D eigenvalue weighted by Gasteiger charge is 1.97. The summed E-state index contributed by atoms with van der Waals surface area (Å²) < 4.78 is 0. The molecule has 0 heterocycles. The molecule has 4 nitrogen and oxygen atoms in total. The first kappa shape index (κ1) is 11.0. The molecule has 1 aromatic carbocycles. The third kappa shape index (κ3) is 4.08. The number of hydrogen-bond donors (Lipinski definition) is 2. The molecule has 0 bridgehead atoms. The number of anilines is 1. The normalized spacial score (nSPS) is 10.2. The molecule has 1 aromatic rings. The van der Waals surface area contributed by atoms with Crippen molar-refractivity contribution in [3.05, 3.63) is 42.0 Å². The van der Waals surface area contributed by atoms with Crippen molar-refractivity contribution in [2.45, 2.75) is 6.92 Å². The Morgan fingerprint density at radius 2 is 1.80 bits per heavy atom. The van der Waals surface area contributed by atoms with Gasteiger partial charge in [0.05, 0.1) is 0 Å². The summed E-state index contributed by atoms with van der Waals surface area (Å²) in [4.78, 5) is 21.3. The van der Waals surface area contributed by atoms with Crippen LogP contribution in [0.1, 0.15) is 5.56 Å².